The van der Waals surface area contributed by atoms with Crippen molar-refractivity contribution in [3.05, 3.63) is 11.9 Å². The monoisotopic (exact) mass is 282 g/mol. The van der Waals surface area contributed by atoms with Crippen molar-refractivity contribution < 1.29 is 4.74 Å². The quantitative estimate of drug-likeness (QED) is 0.794. The van der Waals surface area contributed by atoms with Crippen molar-refractivity contribution in [2.45, 2.75) is 40.3 Å². The summed E-state index contributed by atoms with van der Waals surface area (Å²) in [6, 6.07) is 0.248. The number of imidazole rings is 1. The van der Waals surface area contributed by atoms with Crippen LogP contribution in [0.5, 0.6) is 0 Å². The average molecular weight is 282 g/mol. The van der Waals surface area contributed by atoms with Crippen LogP contribution in [0, 0.1) is 12.3 Å². The molecule has 1 atom stereocenters. The van der Waals surface area contributed by atoms with Gasteiger partial charge in [0.05, 0.1) is 12.3 Å². The molecule has 0 amide bonds. The minimum atomic E-state index is 0.192. The topological polar surface area (TPSA) is 42.3 Å². The molecular formula is C15H30N4O. The maximum absolute atomic E-state index is 5.17. The van der Waals surface area contributed by atoms with Crippen LogP contribution in [0.2, 0.25) is 0 Å². The molecule has 0 aliphatic heterocycles. The van der Waals surface area contributed by atoms with Gasteiger partial charge in [0.25, 0.3) is 0 Å². The van der Waals surface area contributed by atoms with E-state index in [0.29, 0.717) is 6.61 Å². The van der Waals surface area contributed by atoms with E-state index in [1.807, 2.05) is 6.92 Å². The van der Waals surface area contributed by atoms with Crippen molar-refractivity contribution >= 4 is 5.95 Å². The van der Waals surface area contributed by atoms with Gasteiger partial charge in [-0.15, -0.1) is 0 Å². The van der Waals surface area contributed by atoms with E-state index in [1.54, 1.807) is 7.11 Å². The molecule has 0 aliphatic rings. The predicted molar refractivity (Wildman–Crippen MR) is 84.3 cm³/mol. The van der Waals surface area contributed by atoms with Crippen LogP contribution in [0.3, 0.4) is 0 Å². The molecule has 5 heteroatoms. The molecular weight excluding hydrogens is 252 g/mol. The summed E-state index contributed by atoms with van der Waals surface area (Å²) in [4.78, 5) is 6.81. The Hall–Kier alpha value is -1.07. The molecule has 5 nitrogen and oxygen atoms in total. The Morgan fingerprint density at radius 2 is 2.10 bits per heavy atom. The minimum Gasteiger partial charge on any atom is -0.383 e. The first-order valence-electron chi connectivity index (χ1n) is 7.17. The largest absolute Gasteiger partial charge is 0.383 e. The van der Waals surface area contributed by atoms with Gasteiger partial charge in [-0.3, -0.25) is 0 Å². The summed E-state index contributed by atoms with van der Waals surface area (Å²) in [7, 11) is 5.94. The van der Waals surface area contributed by atoms with Crippen LogP contribution in [-0.4, -0.2) is 54.8 Å². The van der Waals surface area contributed by atoms with E-state index in [1.165, 1.54) is 0 Å². The second kappa shape index (κ2) is 7.09. The molecule has 1 rings (SSSR count). The molecule has 116 valence electrons. The fraction of sp³-hybridized carbons (Fsp3) is 0.800. The van der Waals surface area contributed by atoms with E-state index in [0.717, 1.165) is 24.7 Å². The molecule has 0 saturated carbocycles. The Bertz CT molecular complexity index is 412. The highest BCUT2D eigenvalue weighted by Gasteiger charge is 2.21. The minimum absolute atomic E-state index is 0.192. The van der Waals surface area contributed by atoms with E-state index in [4.69, 9.17) is 4.74 Å². The summed E-state index contributed by atoms with van der Waals surface area (Å²) in [6.45, 7) is 11.3. The summed E-state index contributed by atoms with van der Waals surface area (Å²) < 4.78 is 7.38. The predicted octanol–water partition coefficient (Wildman–Crippen LogP) is 2.23. The van der Waals surface area contributed by atoms with Gasteiger partial charge in [-0.1, -0.05) is 13.8 Å². The standard InChI is InChI=1S/C15H30N4O/c1-12-8-19(11-15(3,4)10-18(5)6)14(16-12)17-13(2)9-20-7/h8,13H,9-11H2,1-7H3,(H,16,17). The van der Waals surface area contributed by atoms with Crippen LogP contribution in [0.4, 0.5) is 5.95 Å². The first kappa shape index (κ1) is 17.0. The van der Waals surface area contributed by atoms with Crippen molar-refractivity contribution in [1.29, 1.82) is 0 Å². The highest BCUT2D eigenvalue weighted by atomic mass is 16.5. The van der Waals surface area contributed by atoms with Crippen LogP contribution in [0.1, 0.15) is 26.5 Å². The molecule has 1 aromatic heterocycles. The number of ether oxygens (including phenoxy) is 1. The Morgan fingerprint density at radius 1 is 1.45 bits per heavy atom. The number of hydrogen-bond donors (Lipinski definition) is 1. The molecule has 0 saturated heterocycles. The zero-order valence-electron chi connectivity index (χ0n) is 14.0. The van der Waals surface area contributed by atoms with E-state index in [9.17, 15) is 0 Å². The van der Waals surface area contributed by atoms with Crippen molar-refractivity contribution in [1.82, 2.24) is 14.5 Å². The van der Waals surface area contributed by atoms with Gasteiger partial charge < -0.3 is 19.5 Å². The number of methoxy groups -OCH3 is 1. The molecule has 0 bridgehead atoms. The molecule has 1 N–H and O–H groups in total. The molecule has 1 heterocycles. The van der Waals surface area contributed by atoms with Crippen LogP contribution in [0.15, 0.2) is 6.20 Å². The van der Waals surface area contributed by atoms with E-state index >= 15 is 0 Å². The second-order valence-corrected chi connectivity index (χ2v) is 6.74. The number of nitrogens with one attached hydrogen (secondary N) is 1. The van der Waals surface area contributed by atoms with Crippen molar-refractivity contribution in [2.24, 2.45) is 5.41 Å². The van der Waals surface area contributed by atoms with Gasteiger partial charge in [0.1, 0.15) is 0 Å². The van der Waals surface area contributed by atoms with Crippen LogP contribution in [0.25, 0.3) is 0 Å². The Morgan fingerprint density at radius 3 is 2.65 bits per heavy atom. The lowest BCUT2D eigenvalue weighted by molar-refractivity contribution is 0.189. The van der Waals surface area contributed by atoms with Gasteiger partial charge in [-0.05, 0) is 33.4 Å². The normalized spacial score (nSPS) is 13.8. The number of aromatic nitrogens is 2. The smallest absolute Gasteiger partial charge is 0.203 e. The van der Waals surface area contributed by atoms with Gasteiger partial charge in [0.15, 0.2) is 0 Å². The van der Waals surface area contributed by atoms with Gasteiger partial charge in [0, 0.05) is 32.4 Å². The molecule has 0 spiro atoms. The van der Waals surface area contributed by atoms with Gasteiger partial charge in [-0.2, -0.15) is 0 Å². The number of nitrogens with zero attached hydrogens (tertiary/aromatic N) is 3. The summed E-state index contributed by atoms with van der Waals surface area (Å²) in [5.41, 5.74) is 1.23. The Kier molecular flexibility index (Phi) is 6.02. The summed E-state index contributed by atoms with van der Waals surface area (Å²) in [6.07, 6.45) is 2.11. The fourth-order valence-corrected chi connectivity index (χ4v) is 2.66. The molecule has 0 radical (unpaired) electrons. The average Bonchev–Trinajstić information content (AvgIpc) is 2.55. The highest BCUT2D eigenvalue weighted by Crippen LogP contribution is 2.22. The van der Waals surface area contributed by atoms with Gasteiger partial charge >= 0.3 is 0 Å². The number of hydrogen-bond acceptors (Lipinski definition) is 4. The summed E-state index contributed by atoms with van der Waals surface area (Å²) in [5.74, 6) is 0.930. The first-order chi connectivity index (χ1) is 9.23. The summed E-state index contributed by atoms with van der Waals surface area (Å²) >= 11 is 0. The maximum Gasteiger partial charge on any atom is 0.203 e. The van der Waals surface area contributed by atoms with Crippen LogP contribution < -0.4 is 5.32 Å². The third-order valence-electron chi connectivity index (χ3n) is 3.03. The molecule has 0 aromatic carbocycles. The highest BCUT2D eigenvalue weighted by molar-refractivity contribution is 5.30. The fourth-order valence-electron chi connectivity index (χ4n) is 2.66. The lowest BCUT2D eigenvalue weighted by Crippen LogP contribution is -2.33. The molecule has 1 aromatic rings. The Labute approximate surface area is 123 Å². The number of aryl methyl sites for hydroxylation is 1. The number of rotatable bonds is 8. The zero-order chi connectivity index (χ0) is 15.3. The van der Waals surface area contributed by atoms with Crippen molar-refractivity contribution in [3.63, 3.8) is 0 Å². The third-order valence-corrected chi connectivity index (χ3v) is 3.03. The lowest BCUT2D eigenvalue weighted by atomic mass is 9.93. The molecule has 20 heavy (non-hydrogen) atoms. The van der Waals surface area contributed by atoms with E-state index < -0.39 is 0 Å². The van der Waals surface area contributed by atoms with E-state index in [2.05, 4.69) is 60.8 Å². The SMILES string of the molecule is COCC(C)Nc1nc(C)cn1CC(C)(C)CN(C)C. The first-order valence-corrected chi connectivity index (χ1v) is 7.17. The van der Waals surface area contributed by atoms with Crippen molar-refractivity contribution in [3.8, 4) is 0 Å². The number of anilines is 1. The molecule has 0 aliphatic carbocycles. The maximum atomic E-state index is 5.17. The van der Waals surface area contributed by atoms with Crippen LogP contribution in [-0.2, 0) is 11.3 Å². The van der Waals surface area contributed by atoms with Gasteiger partial charge in [-0.25, -0.2) is 4.98 Å². The lowest BCUT2D eigenvalue weighted by Gasteiger charge is -2.29. The third kappa shape index (κ3) is 5.51. The van der Waals surface area contributed by atoms with Crippen molar-refractivity contribution in [2.75, 3.05) is 39.7 Å². The van der Waals surface area contributed by atoms with Gasteiger partial charge in [0.2, 0.25) is 5.95 Å². The Balaban J connectivity index is 2.79. The summed E-state index contributed by atoms with van der Waals surface area (Å²) in [5, 5.41) is 3.42. The zero-order valence-corrected chi connectivity index (χ0v) is 14.0. The molecule has 1 unspecified atom stereocenters. The molecule has 0 fully saturated rings. The second-order valence-electron chi connectivity index (χ2n) is 6.74. The van der Waals surface area contributed by atoms with Crippen LogP contribution >= 0.6 is 0 Å². The van der Waals surface area contributed by atoms with E-state index in [-0.39, 0.29) is 11.5 Å².